The fraction of sp³-hybridized carbons (Fsp3) is 0.879. The molecule has 0 aromatic heterocycles. The van der Waals surface area contributed by atoms with Crippen molar-refractivity contribution in [3.8, 4) is 0 Å². The molecule has 226 valence electrons. The first kappa shape index (κ1) is 30.4. The Morgan fingerprint density at radius 1 is 1.02 bits per heavy atom. The third-order valence-electron chi connectivity index (χ3n) is 13.9. The third-order valence-corrected chi connectivity index (χ3v) is 14.1. The average Bonchev–Trinajstić information content (AvgIpc) is 2.88. The molecule has 0 saturated heterocycles. The highest BCUT2D eigenvalue weighted by Crippen LogP contribution is 2.76. The lowest BCUT2D eigenvalue weighted by molar-refractivity contribution is -0.243. The van der Waals surface area contributed by atoms with Gasteiger partial charge in [-0.05, 0) is 92.3 Å². The topological polar surface area (TPSA) is 93.1 Å². The molecule has 0 amide bonds. The second-order valence-corrected chi connectivity index (χ2v) is 15.9. The van der Waals surface area contributed by atoms with E-state index in [1.165, 1.54) is 12.7 Å². The number of alkyl halides is 1. The summed E-state index contributed by atoms with van der Waals surface area (Å²) in [5, 5.41) is 23.6. The molecule has 40 heavy (non-hydrogen) atoms. The molecule has 0 spiro atoms. The minimum Gasteiger partial charge on any atom is -0.469 e. The van der Waals surface area contributed by atoms with E-state index in [0.29, 0.717) is 18.8 Å². The molecule has 11 atom stereocenters. The van der Waals surface area contributed by atoms with E-state index >= 15 is 0 Å². The predicted octanol–water partition coefficient (Wildman–Crippen LogP) is 6.05. The predicted molar refractivity (Wildman–Crippen MR) is 154 cm³/mol. The first-order valence-corrected chi connectivity index (χ1v) is 16.0. The van der Waals surface area contributed by atoms with Crippen LogP contribution in [-0.2, 0) is 19.1 Å². The number of hydrogen-bond donors (Lipinski definition) is 2. The number of carbonyl (C=O) groups is 2. The molecule has 6 nitrogen and oxygen atoms in total. The Balaban J connectivity index is 1.59. The summed E-state index contributed by atoms with van der Waals surface area (Å²) in [4.78, 5) is 25.7. The highest BCUT2D eigenvalue weighted by atomic mass is 35.5. The van der Waals surface area contributed by atoms with Crippen molar-refractivity contribution in [1.82, 2.24) is 0 Å². The van der Waals surface area contributed by atoms with Crippen molar-refractivity contribution in [3.63, 3.8) is 0 Å². The Bertz CT molecular complexity index is 1100. The monoisotopic (exact) mass is 578 g/mol. The van der Waals surface area contributed by atoms with Crippen LogP contribution < -0.4 is 0 Å². The normalized spacial score (nSPS) is 51.2. The zero-order valence-corrected chi connectivity index (χ0v) is 26.6. The summed E-state index contributed by atoms with van der Waals surface area (Å²) in [6.07, 6.45) is 7.60. The molecule has 0 aromatic carbocycles. The van der Waals surface area contributed by atoms with Crippen LogP contribution in [0.4, 0.5) is 0 Å². The molecule has 5 aliphatic carbocycles. The van der Waals surface area contributed by atoms with Gasteiger partial charge < -0.3 is 19.7 Å². The van der Waals surface area contributed by atoms with E-state index in [0.717, 1.165) is 38.5 Å². The Hall–Kier alpha value is -1.11. The zero-order valence-electron chi connectivity index (χ0n) is 25.8. The van der Waals surface area contributed by atoms with Crippen LogP contribution in [0.3, 0.4) is 0 Å². The van der Waals surface area contributed by atoms with Gasteiger partial charge in [-0.3, -0.25) is 9.59 Å². The van der Waals surface area contributed by atoms with E-state index in [2.05, 4.69) is 47.6 Å². The minimum atomic E-state index is -1.01. The van der Waals surface area contributed by atoms with E-state index in [4.69, 9.17) is 21.1 Å². The molecule has 2 N–H and O–H groups in total. The number of methoxy groups -OCH3 is 1. The number of fused-ring (bicyclic) bond motifs is 7. The van der Waals surface area contributed by atoms with Gasteiger partial charge in [0.25, 0.3) is 0 Å². The van der Waals surface area contributed by atoms with Crippen LogP contribution in [-0.4, -0.2) is 53.0 Å². The van der Waals surface area contributed by atoms with Crippen molar-refractivity contribution >= 4 is 23.5 Å². The largest absolute Gasteiger partial charge is 0.469 e. The van der Waals surface area contributed by atoms with Gasteiger partial charge in [-0.15, -0.1) is 11.6 Å². The van der Waals surface area contributed by atoms with Gasteiger partial charge in [-0.2, -0.15) is 0 Å². The minimum absolute atomic E-state index is 0.0726. The fourth-order valence-corrected chi connectivity index (χ4v) is 11.6. The second-order valence-electron chi connectivity index (χ2n) is 15.7. The third kappa shape index (κ3) is 3.73. The molecule has 4 fully saturated rings. The summed E-state index contributed by atoms with van der Waals surface area (Å²) in [6.45, 7) is 15.5. The van der Waals surface area contributed by atoms with Crippen molar-refractivity contribution in [1.29, 1.82) is 0 Å². The Morgan fingerprint density at radius 3 is 2.33 bits per heavy atom. The Kier molecular flexibility index (Phi) is 7.17. The number of rotatable bonds is 3. The lowest BCUT2D eigenvalue weighted by atomic mass is 9.33. The number of ether oxygens (including phenoxy) is 2. The van der Waals surface area contributed by atoms with E-state index in [9.17, 15) is 19.8 Å². The van der Waals surface area contributed by atoms with Crippen molar-refractivity contribution in [2.24, 2.45) is 50.7 Å². The molecular formula is C33H51ClO6. The highest BCUT2D eigenvalue weighted by Gasteiger charge is 2.72. The number of aliphatic hydroxyl groups is 2. The molecule has 0 radical (unpaired) electrons. The van der Waals surface area contributed by atoms with Gasteiger partial charge in [-0.1, -0.05) is 53.2 Å². The Morgan fingerprint density at radius 2 is 1.70 bits per heavy atom. The summed E-state index contributed by atoms with van der Waals surface area (Å²) >= 11 is 5.77. The molecule has 7 heteroatoms. The highest BCUT2D eigenvalue weighted by molar-refractivity contribution is 6.26. The summed E-state index contributed by atoms with van der Waals surface area (Å²) in [7, 11) is 1.48. The maximum atomic E-state index is 13.5. The molecule has 0 aliphatic heterocycles. The van der Waals surface area contributed by atoms with E-state index in [1.807, 2.05) is 6.92 Å². The van der Waals surface area contributed by atoms with Crippen LogP contribution in [0, 0.1) is 50.7 Å². The zero-order chi connectivity index (χ0) is 29.7. The molecule has 5 rings (SSSR count). The first-order valence-electron chi connectivity index (χ1n) is 15.4. The standard InChI is InChI=1S/C33H51ClO6/c1-19-11-14-33(27(37)39-8)16-15-30(5)20(25(33)32(19,7)38)9-10-23-29(4)17-21(35)26(40-24(36)18-34)28(2,3)22(29)12-13-31(23,30)6/h9,19,21-23,25-26,35,38H,10-18H2,1-8H3/t19-,21-,22+,23-,25-,26+,29+,30-,31-,32-,33+/m1/s1. The van der Waals surface area contributed by atoms with Gasteiger partial charge in [-0.25, -0.2) is 0 Å². The molecule has 0 heterocycles. The number of aliphatic hydroxyl groups excluding tert-OH is 1. The van der Waals surface area contributed by atoms with Crippen LogP contribution >= 0.6 is 11.6 Å². The van der Waals surface area contributed by atoms with Crippen molar-refractivity contribution in [2.45, 2.75) is 118 Å². The SMILES string of the molecule is COC(=O)[C@]12CC[C@@H](C)[C@@](C)(O)[C@H]1C1=CC[C@@H]3[C@@]4(C)C[C@@H](O)[C@H](OC(=O)CCl)C(C)(C)[C@@H]4CC[C@@]3(C)[C@]1(C)CC2. The number of esters is 2. The van der Waals surface area contributed by atoms with E-state index in [1.54, 1.807) is 0 Å². The smallest absolute Gasteiger partial charge is 0.321 e. The number of halogens is 1. The maximum Gasteiger partial charge on any atom is 0.321 e. The van der Waals surface area contributed by atoms with Crippen molar-refractivity contribution in [3.05, 3.63) is 11.6 Å². The van der Waals surface area contributed by atoms with E-state index in [-0.39, 0.29) is 45.8 Å². The first-order chi connectivity index (χ1) is 18.5. The fourth-order valence-electron chi connectivity index (χ4n) is 11.6. The average molecular weight is 579 g/mol. The molecule has 0 unspecified atom stereocenters. The van der Waals surface area contributed by atoms with Crippen molar-refractivity contribution in [2.75, 3.05) is 13.0 Å². The van der Waals surface area contributed by atoms with E-state index < -0.39 is 34.6 Å². The molecule has 0 aromatic rings. The lowest BCUT2D eigenvalue weighted by Gasteiger charge is -2.72. The quantitative estimate of drug-likeness (QED) is 0.240. The summed E-state index contributed by atoms with van der Waals surface area (Å²) in [5.74, 6) is -0.488. The van der Waals surface area contributed by atoms with Crippen LogP contribution in [0.1, 0.15) is 99.8 Å². The maximum absolute atomic E-state index is 13.5. The Labute approximate surface area is 245 Å². The summed E-state index contributed by atoms with van der Waals surface area (Å²) in [5.41, 5.74) is -1.28. The molecule has 4 saturated carbocycles. The van der Waals surface area contributed by atoms with Crippen LogP contribution in [0.5, 0.6) is 0 Å². The van der Waals surface area contributed by atoms with Gasteiger partial charge in [0.1, 0.15) is 12.0 Å². The van der Waals surface area contributed by atoms with Crippen LogP contribution in [0.25, 0.3) is 0 Å². The number of allylic oxidation sites excluding steroid dienone is 1. The van der Waals surface area contributed by atoms with Crippen LogP contribution in [0.15, 0.2) is 11.6 Å². The number of hydrogen-bond acceptors (Lipinski definition) is 6. The van der Waals surface area contributed by atoms with Gasteiger partial charge in [0.2, 0.25) is 0 Å². The van der Waals surface area contributed by atoms with Gasteiger partial charge in [0, 0.05) is 11.3 Å². The van der Waals surface area contributed by atoms with Gasteiger partial charge in [0.15, 0.2) is 0 Å². The van der Waals surface area contributed by atoms with Crippen LogP contribution in [0.2, 0.25) is 0 Å². The second kappa shape index (κ2) is 9.44. The van der Waals surface area contributed by atoms with Crippen molar-refractivity contribution < 1.29 is 29.3 Å². The molecule has 0 bridgehead atoms. The van der Waals surface area contributed by atoms with Gasteiger partial charge >= 0.3 is 11.9 Å². The molecular weight excluding hydrogens is 528 g/mol. The summed E-state index contributed by atoms with van der Waals surface area (Å²) < 4.78 is 11.2. The number of carbonyl (C=O) groups excluding carboxylic acids is 2. The lowest BCUT2D eigenvalue weighted by Crippen LogP contribution is -2.69. The molecule has 5 aliphatic rings. The summed E-state index contributed by atoms with van der Waals surface area (Å²) in [6, 6.07) is 0. The van der Waals surface area contributed by atoms with Gasteiger partial charge in [0.05, 0.1) is 24.2 Å².